The first-order valence-electron chi connectivity index (χ1n) is 8.12. The standard InChI is InChI=1S/C20H23NO2S/c1-16(23-17(2)22)13-14-19(15-18-9-5-3-6-10-18)21-24-20-11-7-4-8-12-20/h3-12,16H,13-15H2,1-2H3/b21-19+/t16-/m0/s1. The zero-order valence-corrected chi connectivity index (χ0v) is 15.0. The van der Waals surface area contributed by atoms with Gasteiger partial charge in [-0.2, -0.15) is 0 Å². The van der Waals surface area contributed by atoms with Gasteiger partial charge in [0, 0.05) is 35.9 Å². The van der Waals surface area contributed by atoms with Gasteiger partial charge in [0.15, 0.2) is 0 Å². The molecule has 126 valence electrons. The molecule has 2 aromatic carbocycles. The molecule has 0 saturated carbocycles. The van der Waals surface area contributed by atoms with Gasteiger partial charge in [0.1, 0.15) is 0 Å². The summed E-state index contributed by atoms with van der Waals surface area (Å²) in [4.78, 5) is 12.2. The Morgan fingerprint density at radius 3 is 2.33 bits per heavy atom. The van der Waals surface area contributed by atoms with Crippen LogP contribution < -0.4 is 0 Å². The Hall–Kier alpha value is -2.07. The van der Waals surface area contributed by atoms with E-state index in [0.717, 1.165) is 29.9 Å². The minimum atomic E-state index is -0.234. The van der Waals surface area contributed by atoms with Crippen molar-refractivity contribution < 1.29 is 9.53 Å². The van der Waals surface area contributed by atoms with E-state index in [4.69, 9.17) is 9.13 Å². The molecular weight excluding hydrogens is 318 g/mol. The second kappa shape index (κ2) is 9.93. The molecule has 0 aliphatic carbocycles. The smallest absolute Gasteiger partial charge is 0.302 e. The molecule has 0 saturated heterocycles. The van der Waals surface area contributed by atoms with Gasteiger partial charge in [0.2, 0.25) is 0 Å². The number of hydrogen-bond donors (Lipinski definition) is 0. The van der Waals surface area contributed by atoms with Crippen LogP contribution in [0.15, 0.2) is 70.0 Å². The molecule has 0 amide bonds. The topological polar surface area (TPSA) is 38.7 Å². The summed E-state index contributed by atoms with van der Waals surface area (Å²) in [5, 5.41) is 0. The number of ether oxygens (including phenoxy) is 1. The van der Waals surface area contributed by atoms with Crippen LogP contribution >= 0.6 is 11.9 Å². The molecule has 0 N–H and O–H groups in total. The Balaban J connectivity index is 2.01. The van der Waals surface area contributed by atoms with Crippen molar-refractivity contribution in [3.63, 3.8) is 0 Å². The molecule has 0 aliphatic rings. The van der Waals surface area contributed by atoms with Crippen molar-refractivity contribution in [1.29, 1.82) is 0 Å². The molecule has 0 aliphatic heterocycles. The lowest BCUT2D eigenvalue weighted by atomic mass is 10.0. The van der Waals surface area contributed by atoms with Crippen LogP contribution in [-0.4, -0.2) is 17.8 Å². The summed E-state index contributed by atoms with van der Waals surface area (Å²) in [6.07, 6.45) is 2.31. The third-order valence-corrected chi connectivity index (χ3v) is 4.31. The average molecular weight is 341 g/mol. The van der Waals surface area contributed by atoms with E-state index < -0.39 is 0 Å². The molecule has 0 spiro atoms. The Labute approximate surface area is 148 Å². The summed E-state index contributed by atoms with van der Waals surface area (Å²) in [5.41, 5.74) is 2.35. The number of rotatable bonds is 8. The number of nitrogens with zero attached hydrogens (tertiary/aromatic N) is 1. The lowest BCUT2D eigenvalue weighted by molar-refractivity contribution is -0.145. The molecule has 3 nitrogen and oxygen atoms in total. The molecule has 0 heterocycles. The molecule has 0 unspecified atom stereocenters. The minimum absolute atomic E-state index is 0.0924. The van der Waals surface area contributed by atoms with Crippen molar-refractivity contribution in [2.45, 2.75) is 44.1 Å². The first-order valence-corrected chi connectivity index (χ1v) is 8.90. The normalized spacial score (nSPS) is 12.7. The van der Waals surface area contributed by atoms with Crippen LogP contribution in [0.3, 0.4) is 0 Å². The van der Waals surface area contributed by atoms with Crippen molar-refractivity contribution in [2.75, 3.05) is 0 Å². The molecule has 0 bridgehead atoms. The predicted octanol–water partition coefficient (Wildman–Crippen LogP) is 5.11. The van der Waals surface area contributed by atoms with Gasteiger partial charge in [-0.25, -0.2) is 4.40 Å². The molecule has 2 rings (SSSR count). The summed E-state index contributed by atoms with van der Waals surface area (Å²) in [7, 11) is 0. The second-order valence-corrected chi connectivity index (χ2v) is 6.52. The Morgan fingerprint density at radius 1 is 1.08 bits per heavy atom. The van der Waals surface area contributed by atoms with Crippen LogP contribution in [0.2, 0.25) is 0 Å². The van der Waals surface area contributed by atoms with Crippen molar-refractivity contribution in [3.8, 4) is 0 Å². The highest BCUT2D eigenvalue weighted by molar-refractivity contribution is 7.98. The fourth-order valence-electron chi connectivity index (χ4n) is 2.31. The van der Waals surface area contributed by atoms with Crippen LogP contribution in [0.5, 0.6) is 0 Å². The van der Waals surface area contributed by atoms with Crippen molar-refractivity contribution in [3.05, 3.63) is 66.2 Å². The number of hydrogen-bond acceptors (Lipinski definition) is 4. The molecule has 1 atom stereocenters. The average Bonchev–Trinajstić information content (AvgIpc) is 2.58. The predicted molar refractivity (Wildman–Crippen MR) is 100 cm³/mol. The van der Waals surface area contributed by atoms with E-state index >= 15 is 0 Å². The van der Waals surface area contributed by atoms with Gasteiger partial charge < -0.3 is 4.74 Å². The van der Waals surface area contributed by atoms with Gasteiger partial charge in [0.25, 0.3) is 0 Å². The zero-order valence-electron chi connectivity index (χ0n) is 14.1. The SMILES string of the molecule is CC(=O)O[C@@H](C)CC/C(Cc1ccccc1)=N\Sc1ccccc1. The van der Waals surface area contributed by atoms with Gasteiger partial charge in [-0.05, 0) is 37.5 Å². The Morgan fingerprint density at radius 2 is 1.71 bits per heavy atom. The van der Waals surface area contributed by atoms with Gasteiger partial charge in [0.05, 0.1) is 6.10 Å². The van der Waals surface area contributed by atoms with E-state index in [0.29, 0.717) is 0 Å². The van der Waals surface area contributed by atoms with Crippen molar-refractivity contribution in [2.24, 2.45) is 4.40 Å². The van der Waals surface area contributed by atoms with E-state index in [1.165, 1.54) is 24.4 Å². The lowest BCUT2D eigenvalue weighted by Gasteiger charge is -2.13. The van der Waals surface area contributed by atoms with Crippen LogP contribution in [0.1, 0.15) is 32.3 Å². The third kappa shape index (κ3) is 7.01. The summed E-state index contributed by atoms with van der Waals surface area (Å²) in [5.74, 6) is -0.234. The van der Waals surface area contributed by atoms with E-state index in [9.17, 15) is 4.79 Å². The van der Waals surface area contributed by atoms with E-state index in [2.05, 4.69) is 24.3 Å². The maximum Gasteiger partial charge on any atom is 0.302 e. The molecule has 0 fully saturated rings. The summed E-state index contributed by atoms with van der Waals surface area (Å²) >= 11 is 1.49. The summed E-state index contributed by atoms with van der Waals surface area (Å²) in [6, 6.07) is 20.4. The molecular formula is C20H23NO2S. The first-order chi connectivity index (χ1) is 11.6. The first kappa shape index (κ1) is 18.3. The monoisotopic (exact) mass is 341 g/mol. The molecule has 0 aromatic heterocycles. The highest BCUT2D eigenvalue weighted by atomic mass is 32.2. The molecule has 0 radical (unpaired) electrons. The quantitative estimate of drug-likeness (QED) is 0.380. The van der Waals surface area contributed by atoms with Crippen LogP contribution in [-0.2, 0) is 16.0 Å². The van der Waals surface area contributed by atoms with Crippen LogP contribution in [0.25, 0.3) is 0 Å². The minimum Gasteiger partial charge on any atom is -0.463 e. The van der Waals surface area contributed by atoms with Gasteiger partial charge in [-0.15, -0.1) is 0 Å². The maximum absolute atomic E-state index is 11.0. The zero-order chi connectivity index (χ0) is 17.2. The van der Waals surface area contributed by atoms with Crippen LogP contribution in [0.4, 0.5) is 0 Å². The van der Waals surface area contributed by atoms with E-state index in [1.54, 1.807) is 0 Å². The lowest BCUT2D eigenvalue weighted by Crippen LogP contribution is -2.14. The highest BCUT2D eigenvalue weighted by Crippen LogP contribution is 2.20. The van der Waals surface area contributed by atoms with Crippen LogP contribution in [0, 0.1) is 0 Å². The van der Waals surface area contributed by atoms with Gasteiger partial charge in [-0.3, -0.25) is 4.79 Å². The van der Waals surface area contributed by atoms with Gasteiger partial charge >= 0.3 is 5.97 Å². The number of carbonyl (C=O) groups is 1. The highest BCUT2D eigenvalue weighted by Gasteiger charge is 2.09. The fraction of sp³-hybridized carbons (Fsp3) is 0.300. The number of benzene rings is 2. The second-order valence-electron chi connectivity index (χ2n) is 5.68. The fourth-order valence-corrected chi connectivity index (χ4v) is 2.98. The van der Waals surface area contributed by atoms with Gasteiger partial charge in [-0.1, -0.05) is 48.5 Å². The summed E-state index contributed by atoms with van der Waals surface area (Å²) < 4.78 is 9.95. The Bertz CT molecular complexity index is 656. The molecule has 2 aromatic rings. The number of esters is 1. The van der Waals surface area contributed by atoms with E-state index in [-0.39, 0.29) is 12.1 Å². The summed E-state index contributed by atoms with van der Waals surface area (Å²) in [6.45, 7) is 3.37. The molecule has 4 heteroatoms. The maximum atomic E-state index is 11.0. The van der Waals surface area contributed by atoms with E-state index in [1.807, 2.05) is 43.3 Å². The van der Waals surface area contributed by atoms with Crippen molar-refractivity contribution in [1.82, 2.24) is 0 Å². The van der Waals surface area contributed by atoms with Crippen molar-refractivity contribution >= 4 is 23.6 Å². The Kier molecular flexibility index (Phi) is 7.56. The number of carbonyl (C=O) groups excluding carboxylic acids is 1. The third-order valence-electron chi connectivity index (χ3n) is 3.48. The largest absolute Gasteiger partial charge is 0.463 e. The molecule has 24 heavy (non-hydrogen) atoms.